The Balaban J connectivity index is 0. The van der Waals surface area contributed by atoms with Gasteiger partial charge in [-0.3, -0.25) is 0 Å². The topological polar surface area (TPSA) is 142 Å². The van der Waals surface area contributed by atoms with Crippen LogP contribution in [-0.2, 0) is 107 Å². The monoisotopic (exact) mass is 968 g/mol. The van der Waals surface area contributed by atoms with Crippen LogP contribution in [0.3, 0.4) is 0 Å². The molecule has 0 aliphatic heterocycles. The molecule has 0 heterocycles. The summed E-state index contributed by atoms with van der Waals surface area (Å²) in [6.07, 6.45) is 0. The Bertz CT molecular complexity index is 20.4. The molecule has 0 amide bonds. The minimum atomic E-state index is 0. The first-order valence-corrected chi connectivity index (χ1v) is 0. The van der Waals surface area contributed by atoms with Crippen LogP contribution in [-0.4, -0.2) is 52.4 Å². The van der Waals surface area contributed by atoms with E-state index in [-0.39, 0.29) is 159 Å². The molecular weight excluding hydrogens is 968 g/mol. The van der Waals surface area contributed by atoms with E-state index in [4.69, 9.17) is 0 Å². The molecule has 0 aliphatic carbocycles. The molecule has 0 saturated carbocycles. The zero-order valence-corrected chi connectivity index (χ0v) is 20.3. The molecule has 62 valence electrons. The van der Waals surface area contributed by atoms with Gasteiger partial charge < -0.3 is 27.4 Å². The third kappa shape index (κ3) is 122. The standard InChI is InChI=1S/2Bi.5O.2V.2W/q;;5*-2;2*+5;;. The quantitative estimate of drug-likeness (QED) is 0.265. The van der Waals surface area contributed by atoms with Crippen molar-refractivity contribution in [2.24, 2.45) is 0 Å². The molecule has 6 radical (unpaired) electrons. The minimum Gasteiger partial charge on any atom is -2.00 e. The molecule has 5 nitrogen and oxygen atoms in total. The number of rotatable bonds is 0. The normalized spacial score (nSPS) is 0. The van der Waals surface area contributed by atoms with Gasteiger partial charge in [0.25, 0.3) is 0 Å². The van der Waals surface area contributed by atoms with Crippen molar-refractivity contribution < 1.29 is 107 Å². The Hall–Kier alpha value is 4.11. The van der Waals surface area contributed by atoms with Crippen LogP contribution in [0, 0.1) is 0 Å². The number of hydrogen-bond donors (Lipinski definition) is 0. The second-order valence-electron chi connectivity index (χ2n) is 0. The van der Waals surface area contributed by atoms with Crippen LogP contribution in [0.2, 0.25) is 0 Å². The average molecular weight is 968 g/mol. The van der Waals surface area contributed by atoms with Gasteiger partial charge in [-0.05, 0) is 0 Å². The van der Waals surface area contributed by atoms with Crippen molar-refractivity contribution in [1.29, 1.82) is 0 Å². The summed E-state index contributed by atoms with van der Waals surface area (Å²) in [7, 11) is 0. The van der Waals surface area contributed by atoms with Crippen molar-refractivity contribution in [2.45, 2.75) is 0 Å². The maximum atomic E-state index is 0. The summed E-state index contributed by atoms with van der Waals surface area (Å²) in [6, 6.07) is 0. The van der Waals surface area contributed by atoms with E-state index in [1.165, 1.54) is 0 Å². The van der Waals surface area contributed by atoms with Gasteiger partial charge in [0.05, 0.1) is 0 Å². The average Bonchev–Trinajstić information content (AvgIpc) is 0. The van der Waals surface area contributed by atoms with Gasteiger partial charge in [-0.1, -0.05) is 0 Å². The van der Waals surface area contributed by atoms with Crippen LogP contribution in [0.5, 0.6) is 0 Å². The summed E-state index contributed by atoms with van der Waals surface area (Å²) in [5.74, 6) is 0. The van der Waals surface area contributed by atoms with Crippen LogP contribution in [0.4, 0.5) is 0 Å². The van der Waals surface area contributed by atoms with Crippen molar-refractivity contribution in [1.82, 2.24) is 0 Å². The molecule has 0 aliphatic rings. The first-order valence-electron chi connectivity index (χ1n) is 0. The van der Waals surface area contributed by atoms with Gasteiger partial charge in [0.1, 0.15) is 0 Å². The van der Waals surface area contributed by atoms with Crippen LogP contribution < -0.4 is 0 Å². The van der Waals surface area contributed by atoms with Crippen LogP contribution >= 0.6 is 0 Å². The predicted octanol–water partition coefficient (Wildman–Crippen LogP) is -1.37. The van der Waals surface area contributed by atoms with Gasteiger partial charge in [0.2, 0.25) is 0 Å². The zero-order chi connectivity index (χ0) is 0. The molecular formula is Bi2O5V2W2. The third-order valence-corrected chi connectivity index (χ3v) is 0. The molecule has 0 atom stereocenters. The summed E-state index contributed by atoms with van der Waals surface area (Å²) in [5, 5.41) is 0. The SMILES string of the molecule is [Bi].[Bi].[O-2].[O-2].[O-2].[O-2].[O-2].[V+5].[V+5].[W].[W]. The summed E-state index contributed by atoms with van der Waals surface area (Å²) < 4.78 is 0. The summed E-state index contributed by atoms with van der Waals surface area (Å²) in [5.41, 5.74) is 0. The van der Waals surface area contributed by atoms with E-state index >= 15 is 0 Å². The summed E-state index contributed by atoms with van der Waals surface area (Å²) in [4.78, 5) is 0. The van der Waals surface area contributed by atoms with E-state index in [1.54, 1.807) is 0 Å². The first-order chi connectivity index (χ1) is 0. The van der Waals surface area contributed by atoms with E-state index in [2.05, 4.69) is 0 Å². The van der Waals surface area contributed by atoms with Crippen molar-refractivity contribution in [3.63, 3.8) is 0 Å². The van der Waals surface area contributed by atoms with Crippen LogP contribution in [0.25, 0.3) is 0 Å². The van der Waals surface area contributed by atoms with E-state index in [0.29, 0.717) is 0 Å². The van der Waals surface area contributed by atoms with Crippen molar-refractivity contribution >= 4 is 52.4 Å². The van der Waals surface area contributed by atoms with E-state index in [0.717, 1.165) is 0 Å². The molecule has 0 rings (SSSR count). The molecule has 0 N–H and O–H groups in total. The first kappa shape index (κ1) is 178. The summed E-state index contributed by atoms with van der Waals surface area (Å²) in [6.45, 7) is 0. The van der Waals surface area contributed by atoms with Gasteiger partial charge >= 0.3 is 37.1 Å². The molecule has 0 aromatic heterocycles. The smallest absolute Gasteiger partial charge is 2.00 e. The van der Waals surface area contributed by atoms with Crippen molar-refractivity contribution in [2.75, 3.05) is 0 Å². The molecule has 0 unspecified atom stereocenters. The van der Waals surface area contributed by atoms with Crippen LogP contribution in [0.1, 0.15) is 0 Å². The number of hydrogen-bond acceptors (Lipinski definition) is 0. The van der Waals surface area contributed by atoms with Gasteiger partial charge in [-0.15, -0.1) is 0 Å². The second-order valence-corrected chi connectivity index (χ2v) is 0. The predicted molar refractivity (Wildman–Crippen MR) is 14.9 cm³/mol. The molecule has 0 fully saturated rings. The minimum absolute atomic E-state index is 0. The molecule has 0 spiro atoms. The molecule has 0 saturated heterocycles. The fraction of sp³-hybridized carbons (Fsp3) is 0. The molecule has 0 aromatic carbocycles. The van der Waals surface area contributed by atoms with Crippen molar-refractivity contribution in [3.05, 3.63) is 0 Å². The fourth-order valence-corrected chi connectivity index (χ4v) is 0. The van der Waals surface area contributed by atoms with Crippen molar-refractivity contribution in [3.8, 4) is 0 Å². The Morgan fingerprint density at radius 1 is 0.364 bits per heavy atom. The molecule has 11 heavy (non-hydrogen) atoms. The maximum Gasteiger partial charge on any atom is 5.00 e. The van der Waals surface area contributed by atoms with Gasteiger partial charge in [0, 0.05) is 94.5 Å². The Morgan fingerprint density at radius 3 is 0.364 bits per heavy atom. The zero-order valence-electron chi connectivity index (χ0n) is 4.65. The third-order valence-electron chi connectivity index (χ3n) is 0. The van der Waals surface area contributed by atoms with E-state index in [1.807, 2.05) is 0 Å². The van der Waals surface area contributed by atoms with E-state index in [9.17, 15) is 0 Å². The summed E-state index contributed by atoms with van der Waals surface area (Å²) >= 11 is 0. The second kappa shape index (κ2) is 144. The maximum absolute atomic E-state index is 0. The largest absolute Gasteiger partial charge is 5.00 e. The van der Waals surface area contributed by atoms with E-state index < -0.39 is 0 Å². The van der Waals surface area contributed by atoms with Gasteiger partial charge in [0.15, 0.2) is 0 Å². The fourth-order valence-electron chi connectivity index (χ4n) is 0. The Labute approximate surface area is 156 Å². The Morgan fingerprint density at radius 2 is 0.364 bits per heavy atom. The van der Waals surface area contributed by atoms with Crippen LogP contribution in [0.15, 0.2) is 0 Å². The molecule has 0 bridgehead atoms. The molecule has 0 aromatic rings. The molecule has 11 heteroatoms. The van der Waals surface area contributed by atoms with Gasteiger partial charge in [-0.2, -0.15) is 0 Å². The van der Waals surface area contributed by atoms with Gasteiger partial charge in [-0.25, -0.2) is 0 Å². The Kier molecular flexibility index (Phi) is 2320.